The van der Waals surface area contributed by atoms with E-state index in [-0.39, 0.29) is 5.75 Å². The molecule has 0 unspecified atom stereocenters. The molecule has 0 fully saturated rings. The maximum Gasteiger partial charge on any atom is 0.131 e. The first-order valence-corrected chi connectivity index (χ1v) is 6.79. The summed E-state index contributed by atoms with van der Waals surface area (Å²) in [5, 5.41) is 19.8. The van der Waals surface area contributed by atoms with Gasteiger partial charge in [0.05, 0.1) is 31.9 Å². The van der Waals surface area contributed by atoms with E-state index < -0.39 is 12.1 Å². The number of ether oxygens (including phenoxy) is 2. The van der Waals surface area contributed by atoms with Gasteiger partial charge in [-0.2, -0.15) is 0 Å². The fraction of sp³-hybridized carbons (Fsp3) is 0.600. The minimum Gasteiger partial charge on any atom is -0.508 e. The van der Waals surface area contributed by atoms with E-state index in [4.69, 9.17) is 15.2 Å². The number of hydrogen-bond donors (Lipinski definition) is 3. The highest BCUT2D eigenvalue weighted by Gasteiger charge is 2.25. The lowest BCUT2D eigenvalue weighted by Crippen LogP contribution is -2.27. The van der Waals surface area contributed by atoms with Crippen LogP contribution in [-0.4, -0.2) is 30.5 Å². The Balaban J connectivity index is 3.04. The molecule has 0 saturated heterocycles. The summed E-state index contributed by atoms with van der Waals surface area (Å²) in [6.07, 6.45) is 0.800. The second-order valence-corrected chi connectivity index (χ2v) is 5.33. The second kappa shape index (κ2) is 7.36. The molecule has 0 bridgehead atoms. The summed E-state index contributed by atoms with van der Waals surface area (Å²) in [6.45, 7) is 4.19. The normalized spacial score (nSPS) is 14.2. The quantitative estimate of drug-likeness (QED) is 0.714. The fourth-order valence-electron chi connectivity index (χ4n) is 2.13. The molecule has 1 rings (SSSR count). The van der Waals surface area contributed by atoms with Gasteiger partial charge in [-0.15, -0.1) is 0 Å². The largest absolute Gasteiger partial charge is 0.508 e. The van der Waals surface area contributed by atoms with Gasteiger partial charge in [0.1, 0.15) is 17.2 Å². The maximum atomic E-state index is 10.2. The molecule has 0 saturated carbocycles. The van der Waals surface area contributed by atoms with Crippen molar-refractivity contribution in [3.05, 3.63) is 17.7 Å². The Hall–Kier alpha value is -1.46. The van der Waals surface area contributed by atoms with E-state index in [9.17, 15) is 10.2 Å². The van der Waals surface area contributed by atoms with Crippen LogP contribution in [0.5, 0.6) is 17.2 Å². The fourth-order valence-corrected chi connectivity index (χ4v) is 2.13. The van der Waals surface area contributed by atoms with Gasteiger partial charge < -0.3 is 25.4 Å². The number of nitrogens with two attached hydrogens (primary N) is 1. The van der Waals surface area contributed by atoms with E-state index >= 15 is 0 Å². The third-order valence-corrected chi connectivity index (χ3v) is 3.32. The predicted molar refractivity (Wildman–Crippen MR) is 78.2 cm³/mol. The first kappa shape index (κ1) is 16.6. The topological polar surface area (TPSA) is 84.9 Å². The zero-order valence-corrected chi connectivity index (χ0v) is 12.6. The summed E-state index contributed by atoms with van der Waals surface area (Å²) >= 11 is 0. The van der Waals surface area contributed by atoms with E-state index in [1.54, 1.807) is 0 Å². The third kappa shape index (κ3) is 4.02. The molecule has 5 nitrogen and oxygen atoms in total. The molecule has 4 N–H and O–H groups in total. The van der Waals surface area contributed by atoms with Crippen LogP contribution in [0.25, 0.3) is 0 Å². The molecule has 2 atom stereocenters. The first-order valence-electron chi connectivity index (χ1n) is 6.79. The summed E-state index contributed by atoms with van der Waals surface area (Å²) in [5.41, 5.74) is 6.71. The summed E-state index contributed by atoms with van der Waals surface area (Å²) in [7, 11) is 2.98. The van der Waals surface area contributed by atoms with Crippen molar-refractivity contribution in [3.63, 3.8) is 0 Å². The smallest absolute Gasteiger partial charge is 0.131 e. The van der Waals surface area contributed by atoms with E-state index in [1.807, 2.05) is 0 Å². The van der Waals surface area contributed by atoms with Gasteiger partial charge in [-0.05, 0) is 18.8 Å². The minimum atomic E-state index is -0.690. The molecule has 0 aromatic heterocycles. The molecule has 0 spiro atoms. The van der Waals surface area contributed by atoms with Crippen molar-refractivity contribution >= 4 is 0 Å². The highest BCUT2D eigenvalue weighted by molar-refractivity contribution is 5.52. The minimum absolute atomic E-state index is 0.0336. The molecule has 5 heteroatoms. The van der Waals surface area contributed by atoms with Gasteiger partial charge in [0.2, 0.25) is 0 Å². The van der Waals surface area contributed by atoms with E-state index in [2.05, 4.69) is 13.8 Å². The van der Waals surface area contributed by atoms with Gasteiger partial charge in [0, 0.05) is 12.1 Å². The molecular formula is C15H25NO4. The van der Waals surface area contributed by atoms with Crippen LogP contribution < -0.4 is 15.2 Å². The molecule has 0 aliphatic carbocycles. The molecule has 20 heavy (non-hydrogen) atoms. The number of benzene rings is 1. The predicted octanol–water partition coefficient (Wildman–Crippen LogP) is 2.21. The molecule has 1 aromatic rings. The summed E-state index contributed by atoms with van der Waals surface area (Å²) in [5.74, 6) is 1.36. The first-order chi connectivity index (χ1) is 9.40. The number of aromatic hydroxyl groups is 1. The Kier molecular flexibility index (Phi) is 6.10. The molecule has 0 aliphatic heterocycles. The van der Waals surface area contributed by atoms with Gasteiger partial charge in [0.15, 0.2) is 0 Å². The average Bonchev–Trinajstić information content (AvgIpc) is 2.42. The van der Waals surface area contributed by atoms with Crippen LogP contribution in [-0.2, 0) is 0 Å². The lowest BCUT2D eigenvalue weighted by atomic mass is 9.94. The van der Waals surface area contributed by atoms with Gasteiger partial charge >= 0.3 is 0 Å². The zero-order chi connectivity index (χ0) is 15.3. The summed E-state index contributed by atoms with van der Waals surface area (Å²) in [4.78, 5) is 0. The lowest BCUT2D eigenvalue weighted by Gasteiger charge is -2.24. The van der Waals surface area contributed by atoms with Crippen molar-refractivity contribution in [1.82, 2.24) is 0 Å². The van der Waals surface area contributed by atoms with Crippen LogP contribution in [0.4, 0.5) is 0 Å². The lowest BCUT2D eigenvalue weighted by molar-refractivity contribution is 0.125. The van der Waals surface area contributed by atoms with Crippen LogP contribution in [0, 0.1) is 5.92 Å². The van der Waals surface area contributed by atoms with Crippen LogP contribution >= 0.6 is 0 Å². The number of rotatable bonds is 7. The van der Waals surface area contributed by atoms with Gasteiger partial charge in [-0.25, -0.2) is 0 Å². The number of methoxy groups -OCH3 is 2. The van der Waals surface area contributed by atoms with E-state index in [1.165, 1.54) is 26.4 Å². The van der Waals surface area contributed by atoms with Crippen LogP contribution in [0.2, 0.25) is 0 Å². The Morgan fingerprint density at radius 1 is 1.10 bits per heavy atom. The second-order valence-electron chi connectivity index (χ2n) is 5.33. The van der Waals surface area contributed by atoms with E-state index in [0.717, 1.165) is 6.42 Å². The van der Waals surface area contributed by atoms with Crippen molar-refractivity contribution < 1.29 is 19.7 Å². The van der Waals surface area contributed by atoms with Crippen molar-refractivity contribution in [2.24, 2.45) is 11.7 Å². The number of hydrogen-bond acceptors (Lipinski definition) is 5. The average molecular weight is 283 g/mol. The summed E-state index contributed by atoms with van der Waals surface area (Å²) < 4.78 is 10.5. The standard InChI is InChI=1S/C15H25NO4/c1-9(2)5-6-11(18)15(16)14-12(19-3)7-10(17)8-13(14)20-4/h7-9,11,15,17-18H,5-6,16H2,1-4H3/t11-,15-/m0/s1. The Morgan fingerprint density at radius 3 is 2.00 bits per heavy atom. The Bertz CT molecular complexity index is 409. The zero-order valence-electron chi connectivity index (χ0n) is 12.6. The highest BCUT2D eigenvalue weighted by atomic mass is 16.5. The highest BCUT2D eigenvalue weighted by Crippen LogP contribution is 2.38. The molecule has 0 heterocycles. The third-order valence-electron chi connectivity index (χ3n) is 3.32. The Labute approximate surface area is 120 Å². The van der Waals surface area contributed by atoms with Crippen LogP contribution in [0.15, 0.2) is 12.1 Å². The monoisotopic (exact) mass is 283 g/mol. The maximum absolute atomic E-state index is 10.2. The molecule has 0 aliphatic rings. The van der Waals surface area contributed by atoms with Gasteiger partial charge in [-0.3, -0.25) is 0 Å². The van der Waals surface area contributed by atoms with Crippen molar-refractivity contribution in [2.75, 3.05) is 14.2 Å². The molecule has 0 radical (unpaired) electrons. The molecule has 0 amide bonds. The SMILES string of the molecule is COc1cc(O)cc(OC)c1[C@@H](N)[C@@H](O)CCC(C)C. The van der Waals surface area contributed by atoms with Gasteiger partial charge in [-0.1, -0.05) is 13.8 Å². The van der Waals surface area contributed by atoms with E-state index in [0.29, 0.717) is 29.4 Å². The Morgan fingerprint density at radius 2 is 1.60 bits per heavy atom. The summed E-state index contributed by atoms with van der Waals surface area (Å²) in [6, 6.07) is 2.30. The molecular weight excluding hydrogens is 258 g/mol. The molecule has 114 valence electrons. The van der Waals surface area contributed by atoms with Crippen LogP contribution in [0.3, 0.4) is 0 Å². The van der Waals surface area contributed by atoms with Crippen molar-refractivity contribution in [2.45, 2.75) is 38.8 Å². The number of phenolic OH excluding ortho intramolecular Hbond substituents is 1. The number of phenols is 1. The van der Waals surface area contributed by atoms with Gasteiger partial charge in [0.25, 0.3) is 0 Å². The molecule has 1 aromatic carbocycles. The van der Waals surface area contributed by atoms with Crippen molar-refractivity contribution in [1.29, 1.82) is 0 Å². The number of aliphatic hydroxyl groups is 1. The van der Waals surface area contributed by atoms with Crippen LogP contribution in [0.1, 0.15) is 38.3 Å². The number of aliphatic hydroxyl groups excluding tert-OH is 1. The van der Waals surface area contributed by atoms with Crippen molar-refractivity contribution in [3.8, 4) is 17.2 Å².